The van der Waals surface area contributed by atoms with Crippen molar-refractivity contribution in [2.24, 2.45) is 17.3 Å². The van der Waals surface area contributed by atoms with Crippen molar-refractivity contribution in [3.05, 3.63) is 12.2 Å². The number of aromatic nitrogens is 3. The van der Waals surface area contributed by atoms with Crippen LogP contribution in [0.4, 0.5) is 0 Å². The fraction of sp³-hybridized carbons (Fsp3) is 0.846. The summed E-state index contributed by atoms with van der Waals surface area (Å²) in [4.78, 5) is 4.43. The highest BCUT2D eigenvalue weighted by atomic mass is 35.5. The largest absolute Gasteiger partial charge is 0.248 e. The second kappa shape index (κ2) is 3.98. The van der Waals surface area contributed by atoms with Crippen molar-refractivity contribution in [2.75, 3.05) is 5.88 Å². The zero-order chi connectivity index (χ0) is 12.0. The number of fused-ring (bicyclic) bond motifs is 1. The van der Waals surface area contributed by atoms with Gasteiger partial charge in [-0.15, -0.1) is 11.6 Å². The van der Waals surface area contributed by atoms with Gasteiger partial charge in [0.05, 0.1) is 0 Å². The Hall–Kier alpha value is -0.570. The average molecular weight is 254 g/mol. The van der Waals surface area contributed by atoms with Crippen LogP contribution in [0.25, 0.3) is 0 Å². The summed E-state index contributed by atoms with van der Waals surface area (Å²) < 4.78 is 2.04. The lowest BCUT2D eigenvalue weighted by atomic mass is 9.81. The molecule has 1 heterocycles. The van der Waals surface area contributed by atoms with E-state index in [9.17, 15) is 0 Å². The van der Waals surface area contributed by atoms with Crippen molar-refractivity contribution in [2.45, 2.75) is 45.6 Å². The molecule has 94 valence electrons. The number of halogens is 1. The molecule has 0 amide bonds. The van der Waals surface area contributed by atoms with E-state index in [0.717, 1.165) is 30.0 Å². The molecule has 17 heavy (non-hydrogen) atoms. The highest BCUT2D eigenvalue weighted by molar-refractivity contribution is 6.18. The molecule has 0 spiro atoms. The van der Waals surface area contributed by atoms with E-state index in [-0.39, 0.29) is 0 Å². The quantitative estimate of drug-likeness (QED) is 0.773. The molecule has 0 N–H and O–H groups in total. The topological polar surface area (TPSA) is 30.7 Å². The van der Waals surface area contributed by atoms with Crippen LogP contribution in [0.3, 0.4) is 0 Å². The summed E-state index contributed by atoms with van der Waals surface area (Å²) in [5.74, 6) is 3.81. The molecule has 0 radical (unpaired) electrons. The molecule has 2 fully saturated rings. The Morgan fingerprint density at radius 1 is 1.47 bits per heavy atom. The first-order valence-electron chi connectivity index (χ1n) is 6.58. The smallest absolute Gasteiger partial charge is 0.138 e. The van der Waals surface area contributed by atoms with Crippen molar-refractivity contribution < 1.29 is 0 Å². The fourth-order valence-electron chi connectivity index (χ4n) is 3.47. The van der Waals surface area contributed by atoms with Crippen molar-refractivity contribution in [3.8, 4) is 0 Å². The second-order valence-corrected chi connectivity index (χ2v) is 6.46. The molecule has 0 saturated heterocycles. The molecule has 3 nitrogen and oxygen atoms in total. The third-order valence-electron chi connectivity index (χ3n) is 4.41. The molecule has 3 rings (SSSR count). The Bertz CT molecular complexity index is 403. The number of nitrogens with zero attached hydrogens (tertiary/aromatic N) is 3. The third-order valence-corrected chi connectivity index (χ3v) is 4.98. The summed E-state index contributed by atoms with van der Waals surface area (Å²) in [6, 6.07) is 0.385. The van der Waals surface area contributed by atoms with E-state index < -0.39 is 0 Å². The first-order chi connectivity index (χ1) is 8.13. The summed E-state index contributed by atoms with van der Waals surface area (Å²) in [6.45, 7) is 4.30. The van der Waals surface area contributed by atoms with Crippen LogP contribution in [0, 0.1) is 17.3 Å². The molecule has 2 atom stereocenters. The van der Waals surface area contributed by atoms with Gasteiger partial charge in [0.15, 0.2) is 0 Å². The van der Waals surface area contributed by atoms with Crippen molar-refractivity contribution in [1.29, 1.82) is 0 Å². The van der Waals surface area contributed by atoms with Crippen molar-refractivity contribution in [3.63, 3.8) is 0 Å². The van der Waals surface area contributed by atoms with Gasteiger partial charge < -0.3 is 0 Å². The molecule has 0 aliphatic heterocycles. The van der Waals surface area contributed by atoms with E-state index in [1.165, 1.54) is 19.3 Å². The predicted octanol–water partition coefficient (Wildman–Crippen LogP) is 3.06. The maximum absolute atomic E-state index is 6.24. The van der Waals surface area contributed by atoms with Crippen LogP contribution in [-0.4, -0.2) is 20.6 Å². The zero-order valence-electron chi connectivity index (χ0n) is 10.6. The van der Waals surface area contributed by atoms with Gasteiger partial charge in [-0.25, -0.2) is 9.67 Å². The maximum Gasteiger partial charge on any atom is 0.138 e. The second-order valence-electron chi connectivity index (χ2n) is 6.19. The van der Waals surface area contributed by atoms with Gasteiger partial charge in [-0.1, -0.05) is 0 Å². The lowest BCUT2D eigenvalue weighted by Gasteiger charge is -2.28. The number of hydrogen-bond acceptors (Lipinski definition) is 2. The summed E-state index contributed by atoms with van der Waals surface area (Å²) in [5, 5.41) is 4.32. The Balaban J connectivity index is 1.78. The van der Waals surface area contributed by atoms with E-state index in [2.05, 4.69) is 23.9 Å². The third kappa shape index (κ3) is 1.99. The minimum absolute atomic E-state index is 0.300. The molecule has 0 bridgehead atoms. The number of alkyl halides is 1. The Morgan fingerprint density at radius 3 is 2.76 bits per heavy atom. The number of hydrogen-bond donors (Lipinski definition) is 0. The van der Waals surface area contributed by atoms with Crippen LogP contribution in [0.5, 0.6) is 0 Å². The molecular formula is C13H20ClN3. The van der Waals surface area contributed by atoms with E-state index in [1.807, 2.05) is 4.68 Å². The molecule has 2 saturated carbocycles. The summed E-state index contributed by atoms with van der Waals surface area (Å²) >= 11 is 6.24. The average Bonchev–Trinajstić information content (AvgIpc) is 2.76. The van der Waals surface area contributed by atoms with Crippen LogP contribution in [0.15, 0.2) is 6.33 Å². The monoisotopic (exact) mass is 253 g/mol. The summed E-state index contributed by atoms with van der Waals surface area (Å²) in [6.07, 6.45) is 6.71. The highest BCUT2D eigenvalue weighted by Gasteiger charge is 2.53. The Labute approximate surface area is 108 Å². The molecule has 1 aromatic rings. The predicted molar refractivity (Wildman–Crippen MR) is 68.1 cm³/mol. The molecule has 2 aliphatic carbocycles. The minimum atomic E-state index is 0.300. The molecular weight excluding hydrogens is 234 g/mol. The molecule has 4 heteroatoms. The standard InChI is InChI=1S/C13H20ClN3/c1-9(2)17-12(15-8-16-17)6-13(7-14)4-10-3-11(10)5-13/h8-11H,3-7H2,1-2H3. The van der Waals surface area contributed by atoms with Gasteiger partial charge in [0, 0.05) is 18.3 Å². The minimum Gasteiger partial charge on any atom is -0.248 e. The Kier molecular flexibility index (Phi) is 2.69. The van der Waals surface area contributed by atoms with Crippen molar-refractivity contribution >= 4 is 11.6 Å². The SMILES string of the molecule is CC(C)n1ncnc1CC1(CCl)CC2CC2C1. The lowest BCUT2D eigenvalue weighted by Crippen LogP contribution is -2.26. The highest BCUT2D eigenvalue weighted by Crippen LogP contribution is 2.61. The molecule has 0 aromatic carbocycles. The van der Waals surface area contributed by atoms with Crippen LogP contribution in [-0.2, 0) is 6.42 Å². The van der Waals surface area contributed by atoms with Gasteiger partial charge in [-0.05, 0) is 50.4 Å². The number of rotatable bonds is 4. The van der Waals surface area contributed by atoms with Crippen LogP contribution < -0.4 is 0 Å². The van der Waals surface area contributed by atoms with Gasteiger partial charge in [0.25, 0.3) is 0 Å². The van der Waals surface area contributed by atoms with E-state index in [4.69, 9.17) is 11.6 Å². The lowest BCUT2D eigenvalue weighted by molar-refractivity contribution is 0.288. The van der Waals surface area contributed by atoms with E-state index in [0.29, 0.717) is 11.5 Å². The van der Waals surface area contributed by atoms with E-state index in [1.54, 1.807) is 6.33 Å². The van der Waals surface area contributed by atoms with Crippen LogP contribution in [0.1, 0.15) is 45.0 Å². The fourth-order valence-corrected chi connectivity index (χ4v) is 3.79. The van der Waals surface area contributed by atoms with Gasteiger partial charge in [0.1, 0.15) is 12.2 Å². The first-order valence-corrected chi connectivity index (χ1v) is 7.11. The molecule has 2 aliphatic rings. The normalized spacial score (nSPS) is 35.3. The van der Waals surface area contributed by atoms with Crippen LogP contribution >= 0.6 is 11.6 Å². The van der Waals surface area contributed by atoms with Gasteiger partial charge in [-0.2, -0.15) is 5.10 Å². The van der Waals surface area contributed by atoms with Gasteiger partial charge in [0.2, 0.25) is 0 Å². The van der Waals surface area contributed by atoms with Crippen molar-refractivity contribution in [1.82, 2.24) is 14.8 Å². The van der Waals surface area contributed by atoms with Gasteiger partial charge >= 0.3 is 0 Å². The molecule has 2 unspecified atom stereocenters. The zero-order valence-corrected chi connectivity index (χ0v) is 11.3. The van der Waals surface area contributed by atoms with Gasteiger partial charge in [-0.3, -0.25) is 0 Å². The maximum atomic E-state index is 6.24. The Morgan fingerprint density at radius 2 is 2.18 bits per heavy atom. The summed E-state index contributed by atoms with van der Waals surface area (Å²) in [5.41, 5.74) is 0.300. The summed E-state index contributed by atoms with van der Waals surface area (Å²) in [7, 11) is 0. The molecule has 1 aromatic heterocycles. The van der Waals surface area contributed by atoms with Crippen LogP contribution in [0.2, 0.25) is 0 Å². The van der Waals surface area contributed by atoms with E-state index >= 15 is 0 Å². The first kappa shape index (κ1) is 11.5.